The first-order chi connectivity index (χ1) is 7.54. The lowest BCUT2D eigenvalue weighted by Gasteiger charge is -2.21. The molecule has 3 atom stereocenters. The van der Waals surface area contributed by atoms with Gasteiger partial charge in [0.05, 0.1) is 6.10 Å². The van der Waals surface area contributed by atoms with Crippen LogP contribution in [0.1, 0.15) is 13.8 Å². The molecule has 3 nitrogen and oxygen atoms in total. The van der Waals surface area contributed by atoms with Crippen molar-refractivity contribution in [2.45, 2.75) is 30.9 Å². The zero-order valence-electron chi connectivity index (χ0n) is 10.2. The Labute approximate surface area is 99.7 Å². The second-order valence-electron chi connectivity index (χ2n) is 3.86. The number of nitrogens with one attached hydrogen (secondary N) is 1. The molecule has 0 aliphatic rings. The van der Waals surface area contributed by atoms with Crippen LogP contribution in [0.4, 0.5) is 5.69 Å². The van der Waals surface area contributed by atoms with Crippen LogP contribution in [-0.2, 0) is 15.5 Å². The van der Waals surface area contributed by atoms with Crippen molar-refractivity contribution in [3.8, 4) is 0 Å². The van der Waals surface area contributed by atoms with Crippen molar-refractivity contribution < 1.29 is 8.95 Å². The van der Waals surface area contributed by atoms with E-state index in [1.54, 1.807) is 13.4 Å². The smallest absolute Gasteiger partial charge is 0.0741 e. The largest absolute Gasteiger partial charge is 0.380 e. The Morgan fingerprint density at radius 3 is 2.62 bits per heavy atom. The van der Waals surface area contributed by atoms with Gasteiger partial charge in [0.2, 0.25) is 0 Å². The standard InChI is InChI=1S/C12H19NO2S/c1-9(10(2)15-3)13-11-6-5-7-12(8-11)16(4)14/h5-10,13H,1-4H3. The Balaban J connectivity index is 2.74. The summed E-state index contributed by atoms with van der Waals surface area (Å²) in [6.07, 6.45) is 1.82. The Bertz CT molecular complexity index is 368. The highest BCUT2D eigenvalue weighted by Gasteiger charge is 2.10. The SMILES string of the molecule is COC(C)C(C)Nc1cccc(S(C)=O)c1. The lowest BCUT2D eigenvalue weighted by atomic mass is 10.2. The van der Waals surface area contributed by atoms with Gasteiger partial charge in [-0.2, -0.15) is 0 Å². The Hall–Kier alpha value is -0.870. The molecular weight excluding hydrogens is 222 g/mol. The van der Waals surface area contributed by atoms with Crippen LogP contribution in [0, 0.1) is 0 Å². The van der Waals surface area contributed by atoms with Gasteiger partial charge in [0.1, 0.15) is 0 Å². The van der Waals surface area contributed by atoms with Gasteiger partial charge in [0.15, 0.2) is 0 Å². The van der Waals surface area contributed by atoms with E-state index in [0.29, 0.717) is 0 Å². The molecule has 16 heavy (non-hydrogen) atoms. The predicted molar refractivity (Wildman–Crippen MR) is 68.3 cm³/mol. The monoisotopic (exact) mass is 241 g/mol. The average molecular weight is 241 g/mol. The maximum Gasteiger partial charge on any atom is 0.0741 e. The summed E-state index contributed by atoms with van der Waals surface area (Å²) < 4.78 is 16.6. The Kier molecular flexibility index (Phi) is 4.96. The average Bonchev–Trinajstić information content (AvgIpc) is 2.28. The van der Waals surface area contributed by atoms with E-state index in [-0.39, 0.29) is 12.1 Å². The summed E-state index contributed by atoms with van der Waals surface area (Å²) in [6, 6.07) is 7.87. The maximum atomic E-state index is 11.3. The molecule has 0 heterocycles. The maximum absolute atomic E-state index is 11.3. The van der Waals surface area contributed by atoms with Crippen LogP contribution in [0.2, 0.25) is 0 Å². The summed E-state index contributed by atoms with van der Waals surface area (Å²) in [5.74, 6) is 0. The molecule has 1 N–H and O–H groups in total. The van der Waals surface area contributed by atoms with Crippen LogP contribution in [0.5, 0.6) is 0 Å². The summed E-state index contributed by atoms with van der Waals surface area (Å²) in [7, 11) is 0.757. The molecule has 0 radical (unpaired) electrons. The summed E-state index contributed by atoms with van der Waals surface area (Å²) in [6.45, 7) is 4.07. The van der Waals surface area contributed by atoms with Crippen molar-refractivity contribution in [2.24, 2.45) is 0 Å². The van der Waals surface area contributed by atoms with Gasteiger partial charge < -0.3 is 10.1 Å². The van der Waals surface area contributed by atoms with Gasteiger partial charge in [0, 0.05) is 40.8 Å². The molecule has 90 valence electrons. The quantitative estimate of drug-likeness (QED) is 0.859. The number of anilines is 1. The minimum absolute atomic E-state index is 0.135. The third-order valence-corrected chi connectivity index (χ3v) is 3.55. The van der Waals surface area contributed by atoms with Crippen molar-refractivity contribution in [3.63, 3.8) is 0 Å². The van der Waals surface area contributed by atoms with E-state index in [2.05, 4.69) is 12.2 Å². The van der Waals surface area contributed by atoms with Gasteiger partial charge in [-0.3, -0.25) is 4.21 Å². The molecule has 0 spiro atoms. The van der Waals surface area contributed by atoms with E-state index >= 15 is 0 Å². The molecule has 0 aromatic heterocycles. The number of ether oxygens (including phenoxy) is 1. The second kappa shape index (κ2) is 6.01. The minimum Gasteiger partial charge on any atom is -0.380 e. The van der Waals surface area contributed by atoms with E-state index in [1.165, 1.54) is 0 Å². The molecular formula is C12H19NO2S. The van der Waals surface area contributed by atoms with Crippen molar-refractivity contribution >= 4 is 16.5 Å². The Morgan fingerprint density at radius 2 is 2.06 bits per heavy atom. The molecule has 1 rings (SSSR count). The number of benzene rings is 1. The van der Waals surface area contributed by atoms with Gasteiger partial charge in [-0.15, -0.1) is 0 Å². The first-order valence-electron chi connectivity index (χ1n) is 5.27. The van der Waals surface area contributed by atoms with Crippen molar-refractivity contribution in [1.29, 1.82) is 0 Å². The number of hydrogen-bond acceptors (Lipinski definition) is 3. The predicted octanol–water partition coefficient (Wildman–Crippen LogP) is 2.26. The van der Waals surface area contributed by atoms with Crippen LogP contribution in [0.3, 0.4) is 0 Å². The highest BCUT2D eigenvalue weighted by Crippen LogP contribution is 2.15. The van der Waals surface area contributed by atoms with E-state index < -0.39 is 10.8 Å². The summed E-state index contributed by atoms with van der Waals surface area (Å²) in [5, 5.41) is 3.33. The molecule has 0 fully saturated rings. The first kappa shape index (κ1) is 13.2. The van der Waals surface area contributed by atoms with E-state index in [4.69, 9.17) is 4.74 Å². The van der Waals surface area contributed by atoms with Crippen LogP contribution < -0.4 is 5.32 Å². The molecule has 1 aromatic carbocycles. The normalized spacial score (nSPS) is 16.5. The van der Waals surface area contributed by atoms with Crippen LogP contribution in [0.15, 0.2) is 29.2 Å². The molecule has 0 aliphatic heterocycles. The van der Waals surface area contributed by atoms with Crippen LogP contribution >= 0.6 is 0 Å². The fraction of sp³-hybridized carbons (Fsp3) is 0.500. The van der Waals surface area contributed by atoms with Gasteiger partial charge in [0.25, 0.3) is 0 Å². The number of hydrogen-bond donors (Lipinski definition) is 1. The van der Waals surface area contributed by atoms with Crippen molar-refractivity contribution in [3.05, 3.63) is 24.3 Å². The molecule has 0 amide bonds. The molecule has 1 aromatic rings. The fourth-order valence-electron chi connectivity index (χ4n) is 1.35. The molecule has 3 unspecified atom stereocenters. The third-order valence-electron chi connectivity index (χ3n) is 2.64. The highest BCUT2D eigenvalue weighted by atomic mass is 32.2. The zero-order chi connectivity index (χ0) is 12.1. The number of methoxy groups -OCH3 is 1. The highest BCUT2D eigenvalue weighted by molar-refractivity contribution is 7.84. The van der Waals surface area contributed by atoms with Gasteiger partial charge in [-0.1, -0.05) is 6.07 Å². The van der Waals surface area contributed by atoms with Gasteiger partial charge in [-0.25, -0.2) is 0 Å². The van der Waals surface area contributed by atoms with Gasteiger partial charge >= 0.3 is 0 Å². The summed E-state index contributed by atoms with van der Waals surface area (Å²) >= 11 is 0. The van der Waals surface area contributed by atoms with E-state index in [0.717, 1.165) is 10.6 Å². The molecule has 0 saturated carbocycles. The summed E-state index contributed by atoms with van der Waals surface area (Å²) in [5.41, 5.74) is 0.976. The topological polar surface area (TPSA) is 38.3 Å². The molecule has 0 saturated heterocycles. The molecule has 0 bridgehead atoms. The fourth-order valence-corrected chi connectivity index (χ4v) is 1.91. The Morgan fingerprint density at radius 1 is 1.38 bits per heavy atom. The minimum atomic E-state index is -0.938. The van der Waals surface area contributed by atoms with Crippen LogP contribution in [0.25, 0.3) is 0 Å². The molecule has 4 heteroatoms. The van der Waals surface area contributed by atoms with Crippen molar-refractivity contribution in [1.82, 2.24) is 0 Å². The second-order valence-corrected chi connectivity index (χ2v) is 5.24. The van der Waals surface area contributed by atoms with Crippen molar-refractivity contribution in [2.75, 3.05) is 18.7 Å². The summed E-state index contributed by atoms with van der Waals surface area (Å²) in [4.78, 5) is 0.835. The lowest BCUT2D eigenvalue weighted by molar-refractivity contribution is 0.106. The third kappa shape index (κ3) is 3.61. The van der Waals surface area contributed by atoms with E-state index in [1.807, 2.05) is 31.2 Å². The van der Waals surface area contributed by atoms with E-state index in [9.17, 15) is 4.21 Å². The van der Waals surface area contributed by atoms with Crippen LogP contribution in [-0.4, -0.2) is 29.7 Å². The molecule has 0 aliphatic carbocycles. The van der Waals surface area contributed by atoms with Gasteiger partial charge in [-0.05, 0) is 32.0 Å². The zero-order valence-corrected chi connectivity index (χ0v) is 11.0. The first-order valence-corrected chi connectivity index (χ1v) is 6.83. The lowest BCUT2D eigenvalue weighted by Crippen LogP contribution is -2.29. The number of rotatable bonds is 5.